The maximum absolute atomic E-state index is 13.5. The van der Waals surface area contributed by atoms with Crippen LogP contribution in [0.1, 0.15) is 61.9 Å². The highest BCUT2D eigenvalue weighted by Gasteiger charge is 2.47. The molecule has 0 spiro atoms. The lowest BCUT2D eigenvalue weighted by Crippen LogP contribution is -2.29. The number of Topliss-reactive ketones (excluding diaryl/α,β-unsaturated/α-hetero) is 1. The zero-order valence-corrected chi connectivity index (χ0v) is 21.9. The van der Waals surface area contributed by atoms with Gasteiger partial charge in [-0.25, -0.2) is 0 Å². The van der Waals surface area contributed by atoms with Crippen LogP contribution < -0.4 is 14.4 Å². The third-order valence-corrected chi connectivity index (χ3v) is 6.45. The number of ketones is 1. The molecular weight excluding hydrogens is 466 g/mol. The van der Waals surface area contributed by atoms with E-state index >= 15 is 0 Å². The van der Waals surface area contributed by atoms with Crippen LogP contribution in [0.5, 0.6) is 11.5 Å². The Morgan fingerprint density at radius 1 is 0.946 bits per heavy atom. The van der Waals surface area contributed by atoms with Gasteiger partial charge in [-0.05, 0) is 80.3 Å². The van der Waals surface area contributed by atoms with Gasteiger partial charge in [-0.3, -0.25) is 14.5 Å². The number of ether oxygens (including phenoxy) is 2. The minimum Gasteiger partial charge on any atom is -0.507 e. The minimum atomic E-state index is -0.822. The molecule has 0 saturated carbocycles. The van der Waals surface area contributed by atoms with Crippen molar-refractivity contribution in [1.82, 2.24) is 0 Å². The fourth-order valence-electron chi connectivity index (χ4n) is 4.65. The number of carbonyl (C=O) groups excluding carboxylic acids is 2. The van der Waals surface area contributed by atoms with Gasteiger partial charge < -0.3 is 14.6 Å². The fraction of sp³-hybridized carbons (Fsp3) is 0.290. The van der Waals surface area contributed by atoms with E-state index in [-0.39, 0.29) is 17.3 Å². The molecule has 0 bridgehead atoms. The Balaban J connectivity index is 1.93. The van der Waals surface area contributed by atoms with E-state index in [2.05, 4.69) is 0 Å². The topological polar surface area (TPSA) is 76.1 Å². The molecule has 1 unspecified atom stereocenters. The molecule has 1 fully saturated rings. The molecule has 192 valence electrons. The lowest BCUT2D eigenvalue weighted by atomic mass is 9.93. The first kappa shape index (κ1) is 26.0. The molecule has 0 aromatic heterocycles. The Morgan fingerprint density at radius 2 is 1.65 bits per heavy atom. The van der Waals surface area contributed by atoms with E-state index in [1.807, 2.05) is 89.2 Å². The Labute approximate surface area is 218 Å². The summed E-state index contributed by atoms with van der Waals surface area (Å²) in [4.78, 5) is 28.4. The van der Waals surface area contributed by atoms with E-state index in [1.54, 1.807) is 12.1 Å². The van der Waals surface area contributed by atoms with E-state index in [4.69, 9.17) is 9.47 Å². The molecule has 3 aromatic carbocycles. The SMILES string of the molecule is CCOc1cccc(C2/C(=C(\O)c3ccc(OCC)c(C(C)C)c3)C(=O)C(=O)N2c2ccc(C)cc2)c1. The molecule has 37 heavy (non-hydrogen) atoms. The van der Waals surface area contributed by atoms with Gasteiger partial charge in [0.25, 0.3) is 11.7 Å². The fourth-order valence-corrected chi connectivity index (χ4v) is 4.65. The molecule has 1 saturated heterocycles. The van der Waals surface area contributed by atoms with Crippen LogP contribution in [-0.4, -0.2) is 30.0 Å². The maximum Gasteiger partial charge on any atom is 0.300 e. The molecular formula is C31H33NO5. The smallest absolute Gasteiger partial charge is 0.300 e. The van der Waals surface area contributed by atoms with Crippen LogP contribution in [0, 0.1) is 6.92 Å². The normalized spacial score (nSPS) is 16.9. The number of hydrogen-bond donors (Lipinski definition) is 1. The van der Waals surface area contributed by atoms with Gasteiger partial charge in [0.1, 0.15) is 17.3 Å². The van der Waals surface area contributed by atoms with Crippen LogP contribution in [0.25, 0.3) is 5.76 Å². The van der Waals surface area contributed by atoms with Crippen molar-refractivity contribution >= 4 is 23.1 Å². The quantitative estimate of drug-likeness (QED) is 0.216. The number of aliphatic hydroxyl groups excluding tert-OH is 1. The Bertz CT molecular complexity index is 1340. The van der Waals surface area contributed by atoms with Crippen LogP contribution in [0.2, 0.25) is 0 Å². The van der Waals surface area contributed by atoms with Crippen LogP contribution >= 0.6 is 0 Å². The molecule has 3 aromatic rings. The number of benzene rings is 3. The molecule has 6 nitrogen and oxygen atoms in total. The predicted molar refractivity (Wildman–Crippen MR) is 145 cm³/mol. The van der Waals surface area contributed by atoms with Crippen molar-refractivity contribution in [1.29, 1.82) is 0 Å². The summed E-state index contributed by atoms with van der Waals surface area (Å²) in [6.07, 6.45) is 0. The summed E-state index contributed by atoms with van der Waals surface area (Å²) in [6, 6.07) is 19.2. The number of amides is 1. The summed E-state index contributed by atoms with van der Waals surface area (Å²) in [7, 11) is 0. The Hall–Kier alpha value is -4.06. The molecule has 1 N–H and O–H groups in total. The average molecular weight is 500 g/mol. The highest BCUT2D eigenvalue weighted by Crippen LogP contribution is 2.43. The summed E-state index contributed by atoms with van der Waals surface area (Å²) in [5, 5.41) is 11.6. The van der Waals surface area contributed by atoms with E-state index in [9.17, 15) is 14.7 Å². The number of aliphatic hydroxyl groups is 1. The third-order valence-electron chi connectivity index (χ3n) is 6.45. The zero-order valence-electron chi connectivity index (χ0n) is 21.9. The van der Waals surface area contributed by atoms with E-state index in [1.165, 1.54) is 4.90 Å². The summed E-state index contributed by atoms with van der Waals surface area (Å²) in [5.74, 6) is -0.155. The number of rotatable bonds is 8. The predicted octanol–water partition coefficient (Wildman–Crippen LogP) is 6.54. The number of carbonyl (C=O) groups is 2. The monoisotopic (exact) mass is 499 g/mol. The van der Waals surface area contributed by atoms with Gasteiger partial charge in [0.2, 0.25) is 0 Å². The van der Waals surface area contributed by atoms with Crippen molar-refractivity contribution in [3.63, 3.8) is 0 Å². The zero-order chi connectivity index (χ0) is 26.7. The summed E-state index contributed by atoms with van der Waals surface area (Å²) in [6.45, 7) is 10.8. The second-order valence-corrected chi connectivity index (χ2v) is 9.35. The third kappa shape index (κ3) is 5.10. The number of aryl methyl sites for hydroxylation is 1. The van der Waals surface area contributed by atoms with Gasteiger partial charge in [0.15, 0.2) is 0 Å². The molecule has 0 radical (unpaired) electrons. The van der Waals surface area contributed by atoms with Gasteiger partial charge >= 0.3 is 0 Å². The van der Waals surface area contributed by atoms with Gasteiger partial charge in [-0.15, -0.1) is 0 Å². The van der Waals surface area contributed by atoms with Gasteiger partial charge in [-0.2, -0.15) is 0 Å². The lowest BCUT2D eigenvalue weighted by molar-refractivity contribution is -0.132. The standard InChI is InChI=1S/C31H33NO5/c1-6-36-24-10-8-9-21(17-24)28-27(30(34)31(35)32(28)23-14-11-20(5)12-15-23)29(33)22-13-16-26(37-7-2)25(18-22)19(3)4/h8-19,28,33H,6-7H2,1-5H3/b29-27+. The summed E-state index contributed by atoms with van der Waals surface area (Å²) >= 11 is 0. The highest BCUT2D eigenvalue weighted by atomic mass is 16.5. The van der Waals surface area contributed by atoms with Crippen molar-refractivity contribution in [3.05, 3.63) is 94.6 Å². The number of anilines is 1. The first-order valence-electron chi connectivity index (χ1n) is 12.6. The van der Waals surface area contributed by atoms with Crippen molar-refractivity contribution < 1.29 is 24.2 Å². The van der Waals surface area contributed by atoms with Gasteiger partial charge in [-0.1, -0.05) is 43.7 Å². The number of hydrogen-bond acceptors (Lipinski definition) is 5. The number of nitrogens with zero attached hydrogens (tertiary/aromatic N) is 1. The van der Waals surface area contributed by atoms with Crippen molar-refractivity contribution in [2.45, 2.75) is 46.6 Å². The Morgan fingerprint density at radius 3 is 2.30 bits per heavy atom. The molecule has 6 heteroatoms. The average Bonchev–Trinajstić information content (AvgIpc) is 3.15. The van der Waals surface area contributed by atoms with Crippen LogP contribution in [-0.2, 0) is 9.59 Å². The van der Waals surface area contributed by atoms with E-state index in [0.717, 1.165) is 16.9 Å². The van der Waals surface area contributed by atoms with Crippen molar-refractivity contribution in [3.8, 4) is 11.5 Å². The summed E-state index contributed by atoms with van der Waals surface area (Å²) < 4.78 is 11.5. The van der Waals surface area contributed by atoms with Crippen LogP contribution in [0.4, 0.5) is 5.69 Å². The van der Waals surface area contributed by atoms with E-state index in [0.29, 0.717) is 35.8 Å². The second-order valence-electron chi connectivity index (χ2n) is 9.35. The van der Waals surface area contributed by atoms with Crippen molar-refractivity contribution in [2.75, 3.05) is 18.1 Å². The second kappa shape index (κ2) is 10.9. The molecule has 1 aliphatic rings. The first-order valence-corrected chi connectivity index (χ1v) is 12.6. The van der Waals surface area contributed by atoms with Crippen molar-refractivity contribution in [2.24, 2.45) is 0 Å². The Kier molecular flexibility index (Phi) is 7.67. The van der Waals surface area contributed by atoms with E-state index < -0.39 is 17.7 Å². The molecule has 1 atom stereocenters. The lowest BCUT2D eigenvalue weighted by Gasteiger charge is -2.26. The van der Waals surface area contributed by atoms with Crippen LogP contribution in [0.15, 0.2) is 72.3 Å². The first-order chi connectivity index (χ1) is 17.8. The maximum atomic E-state index is 13.5. The molecule has 1 aliphatic heterocycles. The largest absolute Gasteiger partial charge is 0.507 e. The molecule has 4 rings (SSSR count). The molecule has 0 aliphatic carbocycles. The van der Waals surface area contributed by atoms with Crippen LogP contribution in [0.3, 0.4) is 0 Å². The minimum absolute atomic E-state index is 0.0399. The highest BCUT2D eigenvalue weighted by molar-refractivity contribution is 6.51. The van der Waals surface area contributed by atoms with Gasteiger partial charge in [0, 0.05) is 11.3 Å². The molecule has 1 amide bonds. The summed E-state index contributed by atoms with van der Waals surface area (Å²) in [5.41, 5.74) is 3.69. The van der Waals surface area contributed by atoms with Gasteiger partial charge in [0.05, 0.1) is 24.8 Å². The molecule has 1 heterocycles.